The summed E-state index contributed by atoms with van der Waals surface area (Å²) >= 11 is 0. The number of rotatable bonds is 2. The Morgan fingerprint density at radius 1 is 1.27 bits per heavy atom. The molecule has 0 saturated heterocycles. The van der Waals surface area contributed by atoms with E-state index >= 15 is 0 Å². The Morgan fingerprint density at radius 3 is 2.36 bits per heavy atom. The van der Waals surface area contributed by atoms with Crippen LogP contribution < -0.4 is 0 Å². The minimum absolute atomic E-state index is 0.164. The number of nitrogens with zero attached hydrogens (tertiary/aromatic N) is 1. The van der Waals surface area contributed by atoms with Gasteiger partial charge >= 0.3 is 0 Å². The van der Waals surface area contributed by atoms with E-state index in [0.717, 1.165) is 5.56 Å². The van der Waals surface area contributed by atoms with Crippen molar-refractivity contribution in [3.63, 3.8) is 0 Å². The molecule has 0 spiro atoms. The first-order chi connectivity index (χ1) is 5.36. The highest BCUT2D eigenvalue weighted by Gasteiger charge is 1.91. The van der Waals surface area contributed by atoms with Crippen LogP contribution in [-0.2, 0) is 6.42 Å². The van der Waals surface area contributed by atoms with Crippen LogP contribution in [0.4, 0.5) is 5.69 Å². The number of benzene rings is 1. The first kappa shape index (κ1) is 7.77. The van der Waals surface area contributed by atoms with E-state index < -0.39 is 0 Å². The van der Waals surface area contributed by atoms with Crippen LogP contribution in [-0.4, -0.2) is 11.7 Å². The quantitative estimate of drug-likeness (QED) is 0.633. The molecule has 11 heavy (non-hydrogen) atoms. The van der Waals surface area contributed by atoms with Crippen molar-refractivity contribution in [2.45, 2.75) is 6.42 Å². The monoisotopic (exact) mass is 147 g/mol. The van der Waals surface area contributed by atoms with Gasteiger partial charge in [-0.05, 0) is 12.0 Å². The van der Waals surface area contributed by atoms with E-state index in [2.05, 4.69) is 4.85 Å². The summed E-state index contributed by atoms with van der Waals surface area (Å²) in [6.07, 6.45) is 0.665. The maximum absolute atomic E-state index is 8.59. The van der Waals surface area contributed by atoms with Crippen molar-refractivity contribution >= 4 is 5.69 Å². The summed E-state index contributed by atoms with van der Waals surface area (Å²) in [6.45, 7) is 6.86. The number of hydrogen-bond acceptors (Lipinski definition) is 1. The molecule has 1 aromatic carbocycles. The van der Waals surface area contributed by atoms with Crippen molar-refractivity contribution in [3.8, 4) is 0 Å². The van der Waals surface area contributed by atoms with Gasteiger partial charge in [0.05, 0.1) is 6.57 Å². The summed E-state index contributed by atoms with van der Waals surface area (Å²) in [7, 11) is 0. The van der Waals surface area contributed by atoms with Gasteiger partial charge < -0.3 is 5.11 Å². The molecule has 0 aliphatic rings. The molecule has 0 atom stereocenters. The van der Waals surface area contributed by atoms with Gasteiger partial charge in [-0.3, -0.25) is 0 Å². The third kappa shape index (κ3) is 2.06. The smallest absolute Gasteiger partial charge is 0.187 e. The fourth-order valence-electron chi connectivity index (χ4n) is 0.866. The predicted molar refractivity (Wildman–Crippen MR) is 43.5 cm³/mol. The molecule has 0 amide bonds. The molecule has 0 bridgehead atoms. The molecule has 0 radical (unpaired) electrons. The van der Waals surface area contributed by atoms with Crippen molar-refractivity contribution in [2.24, 2.45) is 0 Å². The first-order valence-corrected chi connectivity index (χ1v) is 3.44. The molecule has 0 aliphatic heterocycles. The van der Waals surface area contributed by atoms with Gasteiger partial charge in [-0.2, -0.15) is 0 Å². The second kappa shape index (κ2) is 3.75. The van der Waals surface area contributed by atoms with Crippen molar-refractivity contribution in [1.29, 1.82) is 0 Å². The van der Waals surface area contributed by atoms with E-state index in [0.29, 0.717) is 12.1 Å². The highest BCUT2D eigenvalue weighted by molar-refractivity contribution is 5.45. The van der Waals surface area contributed by atoms with Gasteiger partial charge in [0.25, 0.3) is 0 Å². The SMILES string of the molecule is [C-]#[N+]c1ccc(CCO)cc1. The predicted octanol–water partition coefficient (Wildman–Crippen LogP) is 1.77. The zero-order chi connectivity index (χ0) is 8.10. The van der Waals surface area contributed by atoms with Crippen LogP contribution in [0.15, 0.2) is 24.3 Å². The molecule has 56 valence electrons. The zero-order valence-corrected chi connectivity index (χ0v) is 6.12. The fraction of sp³-hybridized carbons (Fsp3) is 0.222. The fourth-order valence-corrected chi connectivity index (χ4v) is 0.866. The van der Waals surface area contributed by atoms with Crippen LogP contribution in [0, 0.1) is 6.57 Å². The van der Waals surface area contributed by atoms with E-state index in [1.54, 1.807) is 12.1 Å². The largest absolute Gasteiger partial charge is 0.396 e. The molecule has 0 aromatic heterocycles. The summed E-state index contributed by atoms with van der Waals surface area (Å²) < 4.78 is 0. The molecule has 0 saturated carbocycles. The molecule has 1 aromatic rings. The molecule has 2 nitrogen and oxygen atoms in total. The first-order valence-electron chi connectivity index (χ1n) is 3.44. The Morgan fingerprint density at radius 2 is 1.91 bits per heavy atom. The molecule has 1 rings (SSSR count). The van der Waals surface area contributed by atoms with Gasteiger partial charge in [0.15, 0.2) is 5.69 Å². The van der Waals surface area contributed by atoms with Crippen molar-refractivity contribution in [3.05, 3.63) is 41.2 Å². The zero-order valence-electron chi connectivity index (χ0n) is 6.12. The lowest BCUT2D eigenvalue weighted by molar-refractivity contribution is 0.299. The van der Waals surface area contributed by atoms with Gasteiger partial charge in [-0.15, -0.1) is 0 Å². The summed E-state index contributed by atoms with van der Waals surface area (Å²) in [4.78, 5) is 3.26. The molecular formula is C9H9NO. The standard InChI is InChI=1S/C9H9NO/c1-10-9-4-2-8(3-5-9)6-7-11/h2-5,11H,6-7H2. The van der Waals surface area contributed by atoms with E-state index in [1.807, 2.05) is 12.1 Å². The molecule has 2 heteroatoms. The summed E-state index contributed by atoms with van der Waals surface area (Å²) in [5.41, 5.74) is 1.71. The summed E-state index contributed by atoms with van der Waals surface area (Å²) in [5, 5.41) is 8.59. The molecule has 0 unspecified atom stereocenters. The molecule has 0 fully saturated rings. The van der Waals surface area contributed by atoms with Gasteiger partial charge in [0.1, 0.15) is 0 Å². The second-order valence-electron chi connectivity index (χ2n) is 2.25. The molecule has 0 heterocycles. The normalized spacial score (nSPS) is 9.09. The topological polar surface area (TPSA) is 24.6 Å². The van der Waals surface area contributed by atoms with Crippen LogP contribution in [0.1, 0.15) is 5.56 Å². The lowest BCUT2D eigenvalue weighted by atomic mass is 10.1. The van der Waals surface area contributed by atoms with Gasteiger partial charge in [0, 0.05) is 6.61 Å². The van der Waals surface area contributed by atoms with Crippen LogP contribution >= 0.6 is 0 Å². The highest BCUT2D eigenvalue weighted by atomic mass is 16.2. The van der Waals surface area contributed by atoms with Gasteiger partial charge in [0.2, 0.25) is 0 Å². The van der Waals surface area contributed by atoms with E-state index in [9.17, 15) is 0 Å². The number of aliphatic hydroxyl groups is 1. The van der Waals surface area contributed by atoms with Crippen LogP contribution in [0.2, 0.25) is 0 Å². The van der Waals surface area contributed by atoms with Crippen molar-refractivity contribution in [2.75, 3.05) is 6.61 Å². The third-order valence-corrected chi connectivity index (χ3v) is 1.47. The molecule has 1 N–H and O–H groups in total. The minimum atomic E-state index is 0.164. The van der Waals surface area contributed by atoms with Gasteiger partial charge in [-0.1, -0.05) is 24.3 Å². The Kier molecular flexibility index (Phi) is 2.65. The maximum Gasteiger partial charge on any atom is 0.187 e. The molecular weight excluding hydrogens is 138 g/mol. The Hall–Kier alpha value is -1.33. The summed E-state index contributed by atoms with van der Waals surface area (Å²) in [6, 6.07) is 7.25. The lowest BCUT2D eigenvalue weighted by Gasteiger charge is -1.95. The average molecular weight is 147 g/mol. The Bertz CT molecular complexity index is 258. The minimum Gasteiger partial charge on any atom is -0.396 e. The number of hydrogen-bond donors (Lipinski definition) is 1. The highest BCUT2D eigenvalue weighted by Crippen LogP contribution is 2.12. The van der Waals surface area contributed by atoms with Crippen LogP contribution in [0.3, 0.4) is 0 Å². The third-order valence-electron chi connectivity index (χ3n) is 1.47. The average Bonchev–Trinajstić information content (AvgIpc) is 2.07. The van der Waals surface area contributed by atoms with Crippen molar-refractivity contribution < 1.29 is 5.11 Å². The Balaban J connectivity index is 2.76. The van der Waals surface area contributed by atoms with Crippen LogP contribution in [0.5, 0.6) is 0 Å². The number of aliphatic hydroxyl groups excluding tert-OH is 1. The van der Waals surface area contributed by atoms with E-state index in [1.165, 1.54) is 0 Å². The van der Waals surface area contributed by atoms with Gasteiger partial charge in [-0.25, -0.2) is 4.85 Å². The second-order valence-corrected chi connectivity index (χ2v) is 2.25. The van der Waals surface area contributed by atoms with E-state index in [-0.39, 0.29) is 6.61 Å². The lowest BCUT2D eigenvalue weighted by Crippen LogP contribution is -1.88. The summed E-state index contributed by atoms with van der Waals surface area (Å²) in [5.74, 6) is 0. The molecule has 0 aliphatic carbocycles. The Labute approximate surface area is 65.9 Å². The van der Waals surface area contributed by atoms with Crippen LogP contribution in [0.25, 0.3) is 4.85 Å². The maximum atomic E-state index is 8.59. The van der Waals surface area contributed by atoms with E-state index in [4.69, 9.17) is 11.7 Å². The van der Waals surface area contributed by atoms with Crippen molar-refractivity contribution in [1.82, 2.24) is 0 Å².